The maximum atomic E-state index is 12.7. The van der Waals surface area contributed by atoms with E-state index in [-0.39, 0.29) is 5.25 Å². The minimum Gasteiger partial charge on any atom is -0.285 e. The molecule has 3 rings (SSSR count). The Bertz CT molecular complexity index is 891. The summed E-state index contributed by atoms with van der Waals surface area (Å²) in [4.78, 5) is 16.4. The summed E-state index contributed by atoms with van der Waals surface area (Å²) >= 11 is 0. The van der Waals surface area contributed by atoms with Crippen LogP contribution in [0.15, 0.2) is 59.5 Å². The number of H-pyrrole nitrogens is 1. The molecular formula is C16H16N4O2S. The molecule has 2 atom stereocenters. The van der Waals surface area contributed by atoms with E-state index in [0.29, 0.717) is 12.0 Å². The largest absolute Gasteiger partial charge is 0.286 e. The lowest BCUT2D eigenvalue weighted by atomic mass is 10.1. The van der Waals surface area contributed by atoms with Gasteiger partial charge in [0.1, 0.15) is 0 Å². The molecule has 7 heteroatoms. The first-order chi connectivity index (χ1) is 11.1. The Labute approximate surface area is 134 Å². The zero-order chi connectivity index (χ0) is 16.3. The summed E-state index contributed by atoms with van der Waals surface area (Å²) in [5.41, 5.74) is 1.89. The maximum absolute atomic E-state index is 12.7. The van der Waals surface area contributed by atoms with E-state index >= 15 is 0 Å². The van der Waals surface area contributed by atoms with Crippen LogP contribution in [0.2, 0.25) is 0 Å². The van der Waals surface area contributed by atoms with Crippen molar-refractivity contribution in [3.05, 3.63) is 60.7 Å². The van der Waals surface area contributed by atoms with Crippen LogP contribution in [-0.2, 0) is 9.73 Å². The van der Waals surface area contributed by atoms with Gasteiger partial charge in [-0.1, -0.05) is 24.3 Å². The van der Waals surface area contributed by atoms with Crippen molar-refractivity contribution in [3.63, 3.8) is 0 Å². The lowest BCUT2D eigenvalue weighted by molar-refractivity contribution is 0.100. The number of aromatic nitrogens is 3. The minimum atomic E-state index is -2.66. The summed E-state index contributed by atoms with van der Waals surface area (Å²) < 4.78 is 16.7. The van der Waals surface area contributed by atoms with Crippen LogP contribution in [0, 0.1) is 0 Å². The molecule has 0 saturated heterocycles. The summed E-state index contributed by atoms with van der Waals surface area (Å²) in [6, 6.07) is 1.68. The van der Waals surface area contributed by atoms with Crippen molar-refractivity contribution < 1.29 is 9.00 Å². The predicted octanol–water partition coefficient (Wildman–Crippen LogP) is 2.59. The SMILES string of the molecule is C[S@@](=O)(=NC(=O)c1cncc(-c2cn[nH]c2)c1)C1C=CC=CC1. The average molecular weight is 328 g/mol. The van der Waals surface area contributed by atoms with Gasteiger partial charge in [0.05, 0.1) is 26.7 Å². The van der Waals surface area contributed by atoms with E-state index in [0.717, 1.165) is 11.1 Å². The quantitative estimate of drug-likeness (QED) is 0.938. The van der Waals surface area contributed by atoms with Crippen LogP contribution >= 0.6 is 0 Å². The molecule has 0 aliphatic heterocycles. The van der Waals surface area contributed by atoms with Gasteiger partial charge in [0.15, 0.2) is 0 Å². The molecule has 1 aliphatic carbocycles. The Hall–Kier alpha value is -2.54. The fourth-order valence-corrected chi connectivity index (χ4v) is 3.71. The molecule has 0 fully saturated rings. The number of nitrogens with one attached hydrogen (secondary N) is 1. The molecule has 0 spiro atoms. The van der Waals surface area contributed by atoms with E-state index in [9.17, 15) is 9.00 Å². The lowest BCUT2D eigenvalue weighted by Gasteiger charge is -2.14. The van der Waals surface area contributed by atoms with Gasteiger partial charge in [0.25, 0.3) is 5.91 Å². The Morgan fingerprint density at radius 3 is 2.87 bits per heavy atom. The van der Waals surface area contributed by atoms with Crippen molar-refractivity contribution in [2.45, 2.75) is 11.7 Å². The van der Waals surface area contributed by atoms with Gasteiger partial charge in [0.2, 0.25) is 0 Å². The Balaban J connectivity index is 1.90. The van der Waals surface area contributed by atoms with E-state index in [1.54, 1.807) is 24.7 Å². The third kappa shape index (κ3) is 3.45. The average Bonchev–Trinajstić information content (AvgIpc) is 3.10. The monoisotopic (exact) mass is 328 g/mol. The third-order valence-electron chi connectivity index (χ3n) is 3.58. The summed E-state index contributed by atoms with van der Waals surface area (Å²) in [6.45, 7) is 0. The first kappa shape index (κ1) is 15.4. The number of aromatic amines is 1. The molecule has 0 radical (unpaired) electrons. The molecule has 6 nitrogen and oxygen atoms in total. The molecular weight excluding hydrogens is 312 g/mol. The van der Waals surface area contributed by atoms with Crippen LogP contribution < -0.4 is 0 Å². The van der Waals surface area contributed by atoms with Crippen LogP contribution in [0.25, 0.3) is 11.1 Å². The van der Waals surface area contributed by atoms with E-state index in [2.05, 4.69) is 19.5 Å². The van der Waals surface area contributed by atoms with Crippen molar-refractivity contribution in [2.75, 3.05) is 6.26 Å². The second-order valence-corrected chi connectivity index (χ2v) is 7.80. The van der Waals surface area contributed by atoms with Gasteiger partial charge in [0, 0.05) is 36.0 Å². The molecule has 2 heterocycles. The van der Waals surface area contributed by atoms with Gasteiger partial charge in [-0.2, -0.15) is 9.46 Å². The van der Waals surface area contributed by atoms with E-state index < -0.39 is 15.6 Å². The molecule has 118 valence electrons. The molecule has 0 bridgehead atoms. The van der Waals surface area contributed by atoms with Gasteiger partial charge < -0.3 is 0 Å². The normalized spacial score (nSPS) is 19.3. The number of amides is 1. The molecule has 1 N–H and O–H groups in total. The predicted molar refractivity (Wildman–Crippen MR) is 89.3 cm³/mol. The number of hydrogen-bond donors (Lipinski definition) is 1. The van der Waals surface area contributed by atoms with Crippen molar-refractivity contribution in [2.24, 2.45) is 4.36 Å². The fraction of sp³-hybridized carbons (Fsp3) is 0.188. The number of carbonyl (C=O) groups is 1. The van der Waals surface area contributed by atoms with E-state index in [1.807, 2.05) is 24.3 Å². The Kier molecular flexibility index (Phi) is 4.20. The van der Waals surface area contributed by atoms with Crippen molar-refractivity contribution in [3.8, 4) is 11.1 Å². The number of pyridine rings is 1. The number of carbonyl (C=O) groups excluding carboxylic acids is 1. The fourth-order valence-electron chi connectivity index (χ4n) is 2.29. The second kappa shape index (κ2) is 6.29. The van der Waals surface area contributed by atoms with Crippen molar-refractivity contribution in [1.82, 2.24) is 15.2 Å². The van der Waals surface area contributed by atoms with Crippen LogP contribution in [0.4, 0.5) is 0 Å². The summed E-state index contributed by atoms with van der Waals surface area (Å²) in [5, 5.41) is 6.34. The molecule has 2 aromatic heterocycles. The van der Waals surface area contributed by atoms with Crippen LogP contribution in [0.3, 0.4) is 0 Å². The maximum Gasteiger partial charge on any atom is 0.286 e. The topological polar surface area (TPSA) is 88.1 Å². The highest BCUT2D eigenvalue weighted by atomic mass is 32.2. The van der Waals surface area contributed by atoms with Gasteiger partial charge in [-0.15, -0.1) is 0 Å². The highest BCUT2D eigenvalue weighted by Crippen LogP contribution is 2.19. The van der Waals surface area contributed by atoms with E-state index in [4.69, 9.17) is 0 Å². The summed E-state index contributed by atoms with van der Waals surface area (Å²) in [7, 11) is -2.66. The number of rotatable bonds is 3. The lowest BCUT2D eigenvalue weighted by Crippen LogP contribution is -2.19. The number of allylic oxidation sites excluding steroid dienone is 3. The van der Waals surface area contributed by atoms with Crippen molar-refractivity contribution in [1.29, 1.82) is 0 Å². The first-order valence-corrected chi connectivity index (χ1v) is 9.08. The van der Waals surface area contributed by atoms with Gasteiger partial charge in [-0.25, -0.2) is 4.21 Å². The van der Waals surface area contributed by atoms with Gasteiger partial charge >= 0.3 is 0 Å². The van der Waals surface area contributed by atoms with Crippen LogP contribution in [-0.4, -0.2) is 36.8 Å². The molecule has 23 heavy (non-hydrogen) atoms. The molecule has 0 aromatic carbocycles. The summed E-state index contributed by atoms with van der Waals surface area (Å²) in [5.74, 6) is -0.515. The standard InChI is InChI=1S/C16H16N4O2S/c1-23(22,15-5-3-2-4-6-15)20-16(21)13-7-12(8-17-9-13)14-10-18-19-11-14/h2-5,7-11,15H,6H2,1H3,(H,18,19)/t15?,23-/m0/s1. The molecule has 0 saturated carbocycles. The second-order valence-electron chi connectivity index (χ2n) is 5.29. The third-order valence-corrected chi connectivity index (χ3v) is 5.59. The summed E-state index contributed by atoms with van der Waals surface area (Å²) in [6.07, 6.45) is 16.1. The van der Waals surface area contributed by atoms with Crippen molar-refractivity contribution >= 4 is 15.6 Å². The molecule has 1 unspecified atom stereocenters. The van der Waals surface area contributed by atoms with E-state index in [1.165, 1.54) is 12.5 Å². The Morgan fingerprint density at radius 2 is 2.17 bits per heavy atom. The zero-order valence-electron chi connectivity index (χ0n) is 12.5. The number of hydrogen-bond acceptors (Lipinski definition) is 4. The van der Waals surface area contributed by atoms with Gasteiger partial charge in [-0.05, 0) is 12.5 Å². The van der Waals surface area contributed by atoms with Gasteiger partial charge in [-0.3, -0.25) is 14.9 Å². The Morgan fingerprint density at radius 1 is 1.30 bits per heavy atom. The highest BCUT2D eigenvalue weighted by Gasteiger charge is 2.19. The molecule has 2 aromatic rings. The van der Waals surface area contributed by atoms with Crippen LogP contribution in [0.1, 0.15) is 16.8 Å². The molecule has 1 aliphatic rings. The smallest absolute Gasteiger partial charge is 0.285 e. The zero-order valence-corrected chi connectivity index (χ0v) is 13.4. The minimum absolute atomic E-state index is 0.249. The van der Waals surface area contributed by atoms with Crippen LogP contribution in [0.5, 0.6) is 0 Å². The highest BCUT2D eigenvalue weighted by molar-refractivity contribution is 7.94. The first-order valence-electron chi connectivity index (χ1n) is 7.09. The molecule has 1 amide bonds. The number of nitrogens with zero attached hydrogens (tertiary/aromatic N) is 3.